The summed E-state index contributed by atoms with van der Waals surface area (Å²) in [5, 5.41) is 0. The molecule has 0 bridgehead atoms. The molecule has 0 N–H and O–H groups in total. The number of carbonyl (C=O) groups is 1. The minimum atomic E-state index is -0.0745. The molecule has 2 aliphatic heterocycles. The van der Waals surface area contributed by atoms with Crippen molar-refractivity contribution in [2.24, 2.45) is 0 Å². The van der Waals surface area contributed by atoms with Crippen LogP contribution >= 0.6 is 0 Å². The molecule has 0 amide bonds. The zero-order chi connectivity index (χ0) is 12.1. The second kappa shape index (κ2) is 6.36. The Bertz CT molecular complexity index is 252. The molecule has 0 aliphatic carbocycles. The van der Waals surface area contributed by atoms with E-state index in [0.717, 1.165) is 13.1 Å². The normalized spacial score (nSPS) is 27.2. The lowest BCUT2D eigenvalue weighted by Gasteiger charge is -2.37. The van der Waals surface area contributed by atoms with Crippen molar-refractivity contribution in [3.8, 4) is 0 Å². The highest BCUT2D eigenvalue weighted by Crippen LogP contribution is 2.20. The van der Waals surface area contributed by atoms with Crippen LogP contribution in [0.3, 0.4) is 0 Å². The molecule has 4 heteroatoms. The van der Waals surface area contributed by atoms with Gasteiger partial charge in [0.25, 0.3) is 0 Å². The van der Waals surface area contributed by atoms with Crippen LogP contribution in [0.5, 0.6) is 0 Å². The van der Waals surface area contributed by atoms with E-state index in [1.54, 1.807) is 0 Å². The highest BCUT2D eigenvalue weighted by molar-refractivity contribution is 5.71. The quantitative estimate of drug-likeness (QED) is 0.689. The Hall–Kier alpha value is -0.610. The minimum Gasteiger partial charge on any atom is -0.465 e. The molecule has 2 heterocycles. The summed E-state index contributed by atoms with van der Waals surface area (Å²) in [6, 6.07) is 0.667. The maximum Gasteiger partial charge on any atom is 0.320 e. The second-order valence-corrected chi connectivity index (χ2v) is 5.08. The molecule has 2 fully saturated rings. The summed E-state index contributed by atoms with van der Waals surface area (Å²) in [6.45, 7) is 7.40. The van der Waals surface area contributed by atoms with Gasteiger partial charge in [0, 0.05) is 12.6 Å². The lowest BCUT2D eigenvalue weighted by Crippen LogP contribution is -2.48. The van der Waals surface area contributed by atoms with Crippen LogP contribution in [0.15, 0.2) is 0 Å². The molecule has 0 aromatic heterocycles. The van der Waals surface area contributed by atoms with Gasteiger partial charge < -0.3 is 4.74 Å². The molecule has 0 aromatic carbocycles. The van der Waals surface area contributed by atoms with Crippen molar-refractivity contribution in [2.45, 2.75) is 38.6 Å². The molecule has 0 spiro atoms. The van der Waals surface area contributed by atoms with Gasteiger partial charge in [-0.1, -0.05) is 0 Å². The molecule has 1 atom stereocenters. The number of hydrogen-bond acceptors (Lipinski definition) is 4. The maximum atomic E-state index is 11.5. The number of carbonyl (C=O) groups excluding carboxylic acids is 1. The van der Waals surface area contributed by atoms with Crippen molar-refractivity contribution in [2.75, 3.05) is 39.3 Å². The van der Waals surface area contributed by atoms with Crippen LogP contribution in [0.2, 0.25) is 0 Å². The van der Waals surface area contributed by atoms with Crippen LogP contribution in [-0.4, -0.2) is 61.1 Å². The summed E-state index contributed by atoms with van der Waals surface area (Å²) in [5.74, 6) is -0.0745. The average molecular weight is 240 g/mol. The standard InChI is InChI=1S/C13H24N2O2/c1-2-17-13(16)11-14-7-5-6-12(10-14)15-8-3-4-9-15/h12H,2-11H2,1H3. The first-order chi connectivity index (χ1) is 8.29. The molecule has 2 saturated heterocycles. The number of ether oxygens (including phenoxy) is 1. The van der Waals surface area contributed by atoms with Crippen LogP contribution in [-0.2, 0) is 9.53 Å². The predicted octanol–water partition coefficient (Wildman–Crippen LogP) is 1.11. The van der Waals surface area contributed by atoms with Gasteiger partial charge in [-0.3, -0.25) is 14.6 Å². The summed E-state index contributed by atoms with van der Waals surface area (Å²) in [7, 11) is 0. The third-order valence-electron chi connectivity index (χ3n) is 3.80. The van der Waals surface area contributed by atoms with E-state index < -0.39 is 0 Å². The molecular weight excluding hydrogens is 216 g/mol. The van der Waals surface area contributed by atoms with Gasteiger partial charge in [0.2, 0.25) is 0 Å². The third-order valence-corrected chi connectivity index (χ3v) is 3.80. The first-order valence-electron chi connectivity index (χ1n) is 6.91. The smallest absolute Gasteiger partial charge is 0.320 e. The summed E-state index contributed by atoms with van der Waals surface area (Å²) in [5.41, 5.74) is 0. The largest absolute Gasteiger partial charge is 0.465 e. The van der Waals surface area contributed by atoms with Crippen LogP contribution in [0, 0.1) is 0 Å². The van der Waals surface area contributed by atoms with Gasteiger partial charge in [-0.05, 0) is 52.2 Å². The van der Waals surface area contributed by atoms with Crippen LogP contribution < -0.4 is 0 Å². The lowest BCUT2D eigenvalue weighted by molar-refractivity contribution is -0.144. The number of nitrogens with zero attached hydrogens (tertiary/aromatic N) is 2. The summed E-state index contributed by atoms with van der Waals surface area (Å²) in [4.78, 5) is 16.3. The number of esters is 1. The SMILES string of the molecule is CCOC(=O)CN1CCCC(N2CCCC2)C1. The van der Waals surface area contributed by atoms with Crippen molar-refractivity contribution in [1.29, 1.82) is 0 Å². The topological polar surface area (TPSA) is 32.8 Å². The fraction of sp³-hybridized carbons (Fsp3) is 0.923. The fourth-order valence-corrected chi connectivity index (χ4v) is 2.97. The van der Waals surface area contributed by atoms with Gasteiger partial charge in [0.1, 0.15) is 0 Å². The van der Waals surface area contributed by atoms with E-state index in [2.05, 4.69) is 9.80 Å². The molecule has 0 radical (unpaired) electrons. The molecular formula is C13H24N2O2. The summed E-state index contributed by atoms with van der Waals surface area (Å²) < 4.78 is 5.01. The third kappa shape index (κ3) is 3.68. The fourth-order valence-electron chi connectivity index (χ4n) is 2.97. The molecule has 2 rings (SSSR count). The van der Waals surface area contributed by atoms with Crippen molar-refractivity contribution < 1.29 is 9.53 Å². The van der Waals surface area contributed by atoms with E-state index in [0.29, 0.717) is 19.2 Å². The number of rotatable bonds is 4. The van der Waals surface area contributed by atoms with Gasteiger partial charge >= 0.3 is 5.97 Å². The molecule has 17 heavy (non-hydrogen) atoms. The van der Waals surface area contributed by atoms with Crippen LogP contribution in [0.25, 0.3) is 0 Å². The number of hydrogen-bond donors (Lipinski definition) is 0. The first-order valence-corrected chi connectivity index (χ1v) is 6.91. The second-order valence-electron chi connectivity index (χ2n) is 5.08. The van der Waals surface area contributed by atoms with Crippen molar-refractivity contribution in [3.63, 3.8) is 0 Å². The Morgan fingerprint density at radius 2 is 2.00 bits per heavy atom. The van der Waals surface area contributed by atoms with E-state index in [9.17, 15) is 4.79 Å². The predicted molar refractivity (Wildman–Crippen MR) is 66.9 cm³/mol. The highest BCUT2D eigenvalue weighted by atomic mass is 16.5. The minimum absolute atomic E-state index is 0.0745. The molecule has 2 aliphatic rings. The zero-order valence-corrected chi connectivity index (χ0v) is 10.9. The van der Waals surface area contributed by atoms with Crippen molar-refractivity contribution >= 4 is 5.97 Å². The van der Waals surface area contributed by atoms with E-state index >= 15 is 0 Å². The van der Waals surface area contributed by atoms with E-state index in [1.165, 1.54) is 38.8 Å². The monoisotopic (exact) mass is 240 g/mol. The van der Waals surface area contributed by atoms with E-state index in [4.69, 9.17) is 4.74 Å². The first kappa shape index (κ1) is 12.8. The average Bonchev–Trinajstić information content (AvgIpc) is 2.83. The zero-order valence-electron chi connectivity index (χ0n) is 10.9. The van der Waals surface area contributed by atoms with Crippen molar-refractivity contribution in [1.82, 2.24) is 9.80 Å². The van der Waals surface area contributed by atoms with Gasteiger partial charge in [0.15, 0.2) is 0 Å². The van der Waals surface area contributed by atoms with Crippen LogP contribution in [0.4, 0.5) is 0 Å². The van der Waals surface area contributed by atoms with Crippen LogP contribution in [0.1, 0.15) is 32.6 Å². The van der Waals surface area contributed by atoms with Gasteiger partial charge in [0.05, 0.1) is 13.2 Å². The molecule has 1 unspecified atom stereocenters. The Balaban J connectivity index is 1.77. The Kier molecular flexibility index (Phi) is 4.80. The van der Waals surface area contributed by atoms with Gasteiger partial charge in [-0.15, -0.1) is 0 Å². The Morgan fingerprint density at radius 1 is 1.24 bits per heavy atom. The van der Waals surface area contributed by atoms with E-state index in [-0.39, 0.29) is 5.97 Å². The maximum absolute atomic E-state index is 11.5. The molecule has 0 saturated carbocycles. The lowest BCUT2D eigenvalue weighted by atomic mass is 10.0. The number of likely N-dealkylation sites (tertiary alicyclic amines) is 2. The summed E-state index contributed by atoms with van der Waals surface area (Å²) >= 11 is 0. The van der Waals surface area contributed by atoms with Crippen molar-refractivity contribution in [3.05, 3.63) is 0 Å². The highest BCUT2D eigenvalue weighted by Gasteiger charge is 2.27. The molecule has 0 aromatic rings. The van der Waals surface area contributed by atoms with E-state index in [1.807, 2.05) is 6.92 Å². The van der Waals surface area contributed by atoms with Gasteiger partial charge in [-0.2, -0.15) is 0 Å². The Labute approximate surface area is 104 Å². The molecule has 4 nitrogen and oxygen atoms in total. The molecule has 98 valence electrons. The number of piperidine rings is 1. The summed E-state index contributed by atoms with van der Waals surface area (Å²) in [6.07, 6.45) is 5.18. The Morgan fingerprint density at radius 3 is 2.71 bits per heavy atom. The van der Waals surface area contributed by atoms with Gasteiger partial charge in [-0.25, -0.2) is 0 Å².